The van der Waals surface area contributed by atoms with Crippen molar-refractivity contribution in [1.82, 2.24) is 9.97 Å². The molecule has 0 aliphatic rings. The second kappa shape index (κ2) is 6.73. The Morgan fingerprint density at radius 3 is 2.61 bits per heavy atom. The van der Waals surface area contributed by atoms with Gasteiger partial charge in [-0.1, -0.05) is 48.9 Å². The molecule has 2 nitrogen and oxygen atoms in total. The van der Waals surface area contributed by atoms with Gasteiger partial charge in [0, 0.05) is 5.56 Å². The van der Waals surface area contributed by atoms with Crippen LogP contribution in [0.15, 0.2) is 30.3 Å². The molecule has 0 fully saturated rings. The Morgan fingerprint density at radius 2 is 1.94 bits per heavy atom. The van der Waals surface area contributed by atoms with E-state index in [1.807, 2.05) is 30.3 Å². The Hall–Kier alpha value is -0.330. The van der Waals surface area contributed by atoms with Crippen LogP contribution < -0.4 is 0 Å². The molecule has 5 heteroatoms. The van der Waals surface area contributed by atoms with Gasteiger partial charge < -0.3 is 0 Å². The third-order valence-electron chi connectivity index (χ3n) is 2.34. The first-order chi connectivity index (χ1) is 8.72. The first-order valence-corrected chi connectivity index (χ1v) is 8.18. The molecule has 0 spiro atoms. The van der Waals surface area contributed by atoms with Crippen LogP contribution >= 0.6 is 46.0 Å². The van der Waals surface area contributed by atoms with E-state index in [9.17, 15) is 0 Å². The minimum atomic E-state index is 0.538. The Morgan fingerprint density at radius 1 is 1.22 bits per heavy atom. The molecule has 0 saturated carbocycles. The molecule has 0 aliphatic carbocycles. The highest BCUT2D eigenvalue weighted by Crippen LogP contribution is 2.28. The number of thioether (sulfide) groups is 1. The lowest BCUT2D eigenvalue weighted by molar-refractivity contribution is 1.03. The van der Waals surface area contributed by atoms with Crippen molar-refractivity contribution in [3.8, 4) is 11.3 Å². The zero-order valence-corrected chi connectivity index (χ0v) is 13.6. The topological polar surface area (TPSA) is 25.8 Å². The fraction of sp³-hybridized carbons (Fsp3) is 0.231. The molecule has 0 bridgehead atoms. The third kappa shape index (κ3) is 3.36. The van der Waals surface area contributed by atoms with Gasteiger partial charge in [0.15, 0.2) is 0 Å². The van der Waals surface area contributed by atoms with Crippen LogP contribution in [-0.4, -0.2) is 15.7 Å². The lowest BCUT2D eigenvalue weighted by atomic mass is 10.1. The summed E-state index contributed by atoms with van der Waals surface area (Å²) < 4.78 is 0.908. The number of aromatic nitrogens is 2. The number of hydrogen-bond acceptors (Lipinski definition) is 3. The molecule has 0 aliphatic heterocycles. The summed E-state index contributed by atoms with van der Waals surface area (Å²) in [6, 6.07) is 10.1. The summed E-state index contributed by atoms with van der Waals surface area (Å²) in [5, 5.41) is 0.538. The normalized spacial score (nSPS) is 10.6. The van der Waals surface area contributed by atoms with Gasteiger partial charge in [-0.05, 0) is 28.3 Å². The van der Waals surface area contributed by atoms with Crippen LogP contribution in [0.5, 0.6) is 0 Å². The maximum Gasteiger partial charge on any atom is 0.146 e. The van der Waals surface area contributed by atoms with Gasteiger partial charge in [-0.2, -0.15) is 11.8 Å². The minimum absolute atomic E-state index is 0.538. The van der Waals surface area contributed by atoms with Crippen LogP contribution in [0.2, 0.25) is 5.15 Å². The van der Waals surface area contributed by atoms with Gasteiger partial charge in [-0.25, -0.2) is 9.97 Å². The van der Waals surface area contributed by atoms with Gasteiger partial charge in [-0.15, -0.1) is 0 Å². The summed E-state index contributed by atoms with van der Waals surface area (Å²) in [6.45, 7) is 2.12. The molecule has 1 aromatic heterocycles. The Balaban J connectivity index is 2.43. The van der Waals surface area contributed by atoms with Gasteiger partial charge in [0.05, 0.1) is 15.0 Å². The highest BCUT2D eigenvalue weighted by molar-refractivity contribution is 14.1. The van der Waals surface area contributed by atoms with Crippen molar-refractivity contribution in [3.05, 3.63) is 44.9 Å². The van der Waals surface area contributed by atoms with E-state index in [1.165, 1.54) is 0 Å². The van der Waals surface area contributed by atoms with Crippen LogP contribution in [0.1, 0.15) is 12.7 Å². The van der Waals surface area contributed by atoms with Crippen LogP contribution in [-0.2, 0) is 5.75 Å². The van der Waals surface area contributed by atoms with E-state index in [2.05, 4.69) is 39.5 Å². The van der Waals surface area contributed by atoms with Gasteiger partial charge in [0.1, 0.15) is 11.0 Å². The fourth-order valence-electron chi connectivity index (χ4n) is 1.51. The van der Waals surface area contributed by atoms with Gasteiger partial charge in [-0.3, -0.25) is 0 Å². The molecular weight excluding hydrogens is 379 g/mol. The predicted molar refractivity (Wildman–Crippen MR) is 87.0 cm³/mol. The summed E-state index contributed by atoms with van der Waals surface area (Å²) in [5.74, 6) is 2.65. The largest absolute Gasteiger partial charge is 0.231 e. The lowest BCUT2D eigenvalue weighted by Gasteiger charge is -2.08. The average molecular weight is 391 g/mol. The van der Waals surface area contributed by atoms with E-state index < -0.39 is 0 Å². The second-order valence-corrected chi connectivity index (χ2v) is 6.31. The van der Waals surface area contributed by atoms with Crippen molar-refractivity contribution in [1.29, 1.82) is 0 Å². The number of nitrogens with zero attached hydrogens (tertiary/aromatic N) is 2. The van der Waals surface area contributed by atoms with E-state index in [-0.39, 0.29) is 0 Å². The Labute approximate surface area is 130 Å². The Kier molecular flexibility index (Phi) is 5.26. The smallest absolute Gasteiger partial charge is 0.146 e. The molecule has 0 saturated heterocycles. The molecule has 0 amide bonds. The van der Waals surface area contributed by atoms with Gasteiger partial charge in [0.2, 0.25) is 0 Å². The highest BCUT2D eigenvalue weighted by atomic mass is 127. The third-order valence-corrected chi connectivity index (χ3v) is 4.82. The summed E-state index contributed by atoms with van der Waals surface area (Å²) in [4.78, 5) is 8.94. The molecule has 94 valence electrons. The van der Waals surface area contributed by atoms with Crippen molar-refractivity contribution in [3.63, 3.8) is 0 Å². The van der Waals surface area contributed by atoms with Crippen molar-refractivity contribution in [2.24, 2.45) is 0 Å². The second-order valence-electron chi connectivity index (χ2n) is 3.60. The van der Waals surface area contributed by atoms with E-state index in [1.54, 1.807) is 11.8 Å². The first-order valence-electron chi connectivity index (χ1n) is 5.57. The fourth-order valence-corrected chi connectivity index (χ4v) is 2.76. The lowest BCUT2D eigenvalue weighted by Crippen LogP contribution is -1.99. The number of halogens is 2. The molecular formula is C13H12ClIN2S. The molecule has 0 atom stereocenters. The minimum Gasteiger partial charge on any atom is -0.231 e. The maximum absolute atomic E-state index is 6.18. The quantitative estimate of drug-likeness (QED) is 0.561. The molecule has 0 N–H and O–H groups in total. The van der Waals surface area contributed by atoms with Crippen LogP contribution in [0.3, 0.4) is 0 Å². The van der Waals surface area contributed by atoms with Crippen molar-refractivity contribution in [2.45, 2.75) is 12.7 Å². The average Bonchev–Trinajstić information content (AvgIpc) is 2.41. The van der Waals surface area contributed by atoms with E-state index in [4.69, 9.17) is 11.6 Å². The highest BCUT2D eigenvalue weighted by Gasteiger charge is 2.12. The molecule has 18 heavy (non-hydrogen) atoms. The van der Waals surface area contributed by atoms with E-state index >= 15 is 0 Å². The maximum atomic E-state index is 6.18. The number of hydrogen-bond donors (Lipinski definition) is 0. The monoisotopic (exact) mass is 390 g/mol. The van der Waals surface area contributed by atoms with Gasteiger partial charge in [0.25, 0.3) is 0 Å². The van der Waals surface area contributed by atoms with Crippen LogP contribution in [0.4, 0.5) is 0 Å². The summed E-state index contributed by atoms with van der Waals surface area (Å²) in [6.07, 6.45) is 0. The number of rotatable bonds is 4. The molecule has 0 radical (unpaired) electrons. The van der Waals surface area contributed by atoms with Crippen molar-refractivity contribution in [2.75, 3.05) is 5.75 Å². The van der Waals surface area contributed by atoms with Crippen LogP contribution in [0.25, 0.3) is 11.3 Å². The van der Waals surface area contributed by atoms with E-state index in [0.29, 0.717) is 5.15 Å². The molecule has 2 aromatic rings. The SMILES string of the molecule is CCSCc1nc(Cl)c(I)c(-c2ccccc2)n1. The zero-order valence-electron chi connectivity index (χ0n) is 9.86. The molecule has 1 aromatic carbocycles. The zero-order chi connectivity index (χ0) is 13.0. The standard InChI is InChI=1S/C13H12ClIN2S/c1-2-18-8-10-16-12(11(15)13(14)17-10)9-6-4-3-5-7-9/h3-7H,2,8H2,1H3. The number of benzene rings is 1. The summed E-state index contributed by atoms with van der Waals surface area (Å²) in [5.41, 5.74) is 2.00. The first kappa shape index (κ1) is 14.1. The van der Waals surface area contributed by atoms with Crippen molar-refractivity contribution < 1.29 is 0 Å². The Bertz CT molecular complexity index is 534. The van der Waals surface area contributed by atoms with Crippen LogP contribution in [0, 0.1) is 3.57 Å². The molecule has 1 heterocycles. The van der Waals surface area contributed by atoms with Crippen molar-refractivity contribution >= 4 is 46.0 Å². The van der Waals surface area contributed by atoms with Gasteiger partial charge >= 0.3 is 0 Å². The van der Waals surface area contributed by atoms with E-state index in [0.717, 1.165) is 32.2 Å². The summed E-state index contributed by atoms with van der Waals surface area (Å²) in [7, 11) is 0. The molecule has 2 rings (SSSR count). The predicted octanol–water partition coefficient (Wildman–Crippen LogP) is 4.65. The molecule has 0 unspecified atom stereocenters. The summed E-state index contributed by atoms with van der Waals surface area (Å²) >= 11 is 10.2.